The molecular formula is C11H12FN3O4. The summed E-state index contributed by atoms with van der Waals surface area (Å²) in [5, 5.41) is 11.0. The lowest BCUT2D eigenvalue weighted by Crippen LogP contribution is -2.41. The quantitative estimate of drug-likeness (QED) is 0.652. The van der Waals surface area contributed by atoms with Crippen molar-refractivity contribution >= 4 is 17.8 Å². The maximum atomic E-state index is 13.3. The Hall–Kier alpha value is -2.51. The standard InChI is InChI=1S/C11H12FN3O4/c12-7-5-14-4-3-6(7)10(17)15-8(11(18)19)1-2-9(13)16/h3-5,8H,1-2H2,(H2,13,16)(H,15,17)(H,18,19). The second kappa shape index (κ2) is 6.43. The fourth-order valence-corrected chi connectivity index (χ4v) is 1.34. The minimum atomic E-state index is -1.33. The number of nitrogens with zero attached hydrogens (tertiary/aromatic N) is 1. The van der Waals surface area contributed by atoms with Gasteiger partial charge in [0.05, 0.1) is 11.8 Å². The largest absolute Gasteiger partial charge is 0.480 e. The number of rotatable bonds is 6. The molecule has 4 N–H and O–H groups in total. The summed E-state index contributed by atoms with van der Waals surface area (Å²) in [6.07, 6.45) is 1.68. The number of carbonyl (C=O) groups is 3. The van der Waals surface area contributed by atoms with Crippen molar-refractivity contribution < 1.29 is 23.9 Å². The van der Waals surface area contributed by atoms with Crippen LogP contribution in [0.4, 0.5) is 4.39 Å². The van der Waals surface area contributed by atoms with Crippen LogP contribution in [0.3, 0.4) is 0 Å². The van der Waals surface area contributed by atoms with E-state index in [9.17, 15) is 18.8 Å². The molecule has 0 aliphatic carbocycles. The minimum Gasteiger partial charge on any atom is -0.480 e. The number of halogens is 1. The Labute approximate surface area is 107 Å². The van der Waals surface area contributed by atoms with Crippen molar-refractivity contribution in [3.8, 4) is 0 Å². The van der Waals surface area contributed by atoms with Gasteiger partial charge in [-0.2, -0.15) is 0 Å². The lowest BCUT2D eigenvalue weighted by atomic mass is 10.1. The molecule has 0 aliphatic heterocycles. The molecule has 0 fully saturated rings. The normalized spacial score (nSPS) is 11.6. The van der Waals surface area contributed by atoms with E-state index in [4.69, 9.17) is 10.8 Å². The molecule has 0 saturated heterocycles. The van der Waals surface area contributed by atoms with Crippen LogP contribution in [0.5, 0.6) is 0 Å². The van der Waals surface area contributed by atoms with Crippen LogP contribution in [0.2, 0.25) is 0 Å². The molecule has 1 heterocycles. The third kappa shape index (κ3) is 4.34. The lowest BCUT2D eigenvalue weighted by Gasteiger charge is -2.13. The van der Waals surface area contributed by atoms with Crippen molar-refractivity contribution in [1.29, 1.82) is 0 Å². The van der Waals surface area contributed by atoms with Gasteiger partial charge in [-0.1, -0.05) is 0 Å². The highest BCUT2D eigenvalue weighted by molar-refractivity contribution is 5.96. The maximum absolute atomic E-state index is 13.3. The number of pyridine rings is 1. The first kappa shape index (κ1) is 14.6. The zero-order valence-electron chi connectivity index (χ0n) is 9.80. The summed E-state index contributed by atoms with van der Waals surface area (Å²) in [5.41, 5.74) is 4.57. The average Bonchev–Trinajstić information content (AvgIpc) is 2.34. The third-order valence-corrected chi connectivity index (χ3v) is 2.30. The molecule has 1 aromatic rings. The summed E-state index contributed by atoms with van der Waals surface area (Å²) in [5.74, 6) is -3.77. The van der Waals surface area contributed by atoms with Crippen molar-refractivity contribution in [2.45, 2.75) is 18.9 Å². The Morgan fingerprint density at radius 2 is 2.16 bits per heavy atom. The van der Waals surface area contributed by atoms with Gasteiger partial charge in [-0.3, -0.25) is 14.6 Å². The zero-order valence-corrected chi connectivity index (χ0v) is 9.80. The molecule has 0 radical (unpaired) electrons. The highest BCUT2D eigenvalue weighted by Crippen LogP contribution is 2.06. The molecule has 0 aromatic carbocycles. The molecule has 19 heavy (non-hydrogen) atoms. The number of carboxylic acids is 1. The van der Waals surface area contributed by atoms with E-state index in [-0.39, 0.29) is 18.4 Å². The molecule has 8 heteroatoms. The van der Waals surface area contributed by atoms with E-state index < -0.39 is 29.6 Å². The van der Waals surface area contributed by atoms with Gasteiger partial charge in [-0.05, 0) is 12.5 Å². The van der Waals surface area contributed by atoms with Gasteiger partial charge in [-0.25, -0.2) is 9.18 Å². The van der Waals surface area contributed by atoms with Gasteiger partial charge in [0, 0.05) is 12.6 Å². The first-order chi connectivity index (χ1) is 8.91. The SMILES string of the molecule is NC(=O)CCC(NC(=O)c1ccncc1F)C(=O)O. The summed E-state index contributed by atoms with van der Waals surface area (Å²) in [6.45, 7) is 0. The zero-order chi connectivity index (χ0) is 14.4. The summed E-state index contributed by atoms with van der Waals surface area (Å²) in [7, 11) is 0. The van der Waals surface area contributed by atoms with Gasteiger partial charge < -0.3 is 16.2 Å². The second-order valence-corrected chi connectivity index (χ2v) is 3.72. The number of hydrogen-bond donors (Lipinski definition) is 3. The van der Waals surface area contributed by atoms with E-state index >= 15 is 0 Å². The van der Waals surface area contributed by atoms with Gasteiger partial charge in [0.25, 0.3) is 5.91 Å². The molecule has 7 nitrogen and oxygen atoms in total. The first-order valence-corrected chi connectivity index (χ1v) is 5.33. The molecule has 102 valence electrons. The monoisotopic (exact) mass is 269 g/mol. The number of carboxylic acid groups (broad SMARTS) is 1. The number of aliphatic carboxylic acids is 1. The van der Waals surface area contributed by atoms with Gasteiger partial charge in [-0.15, -0.1) is 0 Å². The molecule has 0 aliphatic rings. The summed E-state index contributed by atoms with van der Waals surface area (Å²) in [4.78, 5) is 36.6. The number of amides is 2. The predicted octanol–water partition coefficient (Wildman–Crippen LogP) is -0.331. The van der Waals surface area contributed by atoms with Crippen LogP contribution in [0, 0.1) is 5.82 Å². The second-order valence-electron chi connectivity index (χ2n) is 3.72. The van der Waals surface area contributed by atoms with E-state index in [0.29, 0.717) is 0 Å². The highest BCUT2D eigenvalue weighted by Gasteiger charge is 2.22. The first-order valence-electron chi connectivity index (χ1n) is 5.33. The van der Waals surface area contributed by atoms with Crippen molar-refractivity contribution in [3.05, 3.63) is 29.8 Å². The van der Waals surface area contributed by atoms with Gasteiger partial charge in [0.15, 0.2) is 5.82 Å². The number of carbonyl (C=O) groups excluding carboxylic acids is 2. The van der Waals surface area contributed by atoms with Crippen LogP contribution in [-0.2, 0) is 9.59 Å². The Kier molecular flexibility index (Phi) is 4.92. The van der Waals surface area contributed by atoms with Gasteiger partial charge in [0.2, 0.25) is 5.91 Å². The Balaban J connectivity index is 2.74. The molecule has 0 bridgehead atoms. The summed E-state index contributed by atoms with van der Waals surface area (Å²) in [6, 6.07) is -0.190. The van der Waals surface area contributed by atoms with Crippen molar-refractivity contribution in [2.24, 2.45) is 5.73 Å². The van der Waals surface area contributed by atoms with Crippen molar-refractivity contribution in [1.82, 2.24) is 10.3 Å². The number of primary amides is 1. The number of aromatic nitrogens is 1. The molecule has 0 spiro atoms. The van der Waals surface area contributed by atoms with E-state index in [1.54, 1.807) is 0 Å². The van der Waals surface area contributed by atoms with Crippen molar-refractivity contribution in [2.75, 3.05) is 0 Å². The number of nitrogens with one attached hydrogen (secondary N) is 1. The average molecular weight is 269 g/mol. The Bertz CT molecular complexity index is 506. The smallest absolute Gasteiger partial charge is 0.326 e. The van der Waals surface area contributed by atoms with Crippen LogP contribution in [0.15, 0.2) is 18.5 Å². The van der Waals surface area contributed by atoms with E-state index in [1.165, 1.54) is 6.20 Å². The Morgan fingerprint density at radius 1 is 1.47 bits per heavy atom. The molecule has 2 amide bonds. The fourth-order valence-electron chi connectivity index (χ4n) is 1.34. The molecule has 1 rings (SSSR count). The van der Waals surface area contributed by atoms with E-state index in [0.717, 1.165) is 12.3 Å². The fraction of sp³-hybridized carbons (Fsp3) is 0.273. The number of nitrogens with two attached hydrogens (primary N) is 1. The maximum Gasteiger partial charge on any atom is 0.326 e. The molecule has 1 atom stereocenters. The molecule has 1 unspecified atom stereocenters. The van der Waals surface area contributed by atoms with Crippen LogP contribution < -0.4 is 11.1 Å². The number of hydrogen-bond acceptors (Lipinski definition) is 4. The van der Waals surface area contributed by atoms with Gasteiger partial charge in [0.1, 0.15) is 6.04 Å². The molecule has 0 saturated carbocycles. The van der Waals surface area contributed by atoms with Crippen LogP contribution in [0.25, 0.3) is 0 Å². The molecule has 1 aromatic heterocycles. The van der Waals surface area contributed by atoms with Crippen LogP contribution in [-0.4, -0.2) is 33.9 Å². The molecular weight excluding hydrogens is 257 g/mol. The third-order valence-electron chi connectivity index (χ3n) is 2.30. The predicted molar refractivity (Wildman–Crippen MR) is 61.5 cm³/mol. The van der Waals surface area contributed by atoms with E-state index in [1.807, 2.05) is 0 Å². The highest BCUT2D eigenvalue weighted by atomic mass is 19.1. The minimum absolute atomic E-state index is 0.164. The van der Waals surface area contributed by atoms with Crippen LogP contribution in [0.1, 0.15) is 23.2 Å². The van der Waals surface area contributed by atoms with Crippen LogP contribution >= 0.6 is 0 Å². The summed E-state index contributed by atoms with van der Waals surface area (Å²) < 4.78 is 13.3. The lowest BCUT2D eigenvalue weighted by molar-refractivity contribution is -0.139. The Morgan fingerprint density at radius 3 is 2.68 bits per heavy atom. The van der Waals surface area contributed by atoms with Gasteiger partial charge >= 0.3 is 5.97 Å². The topological polar surface area (TPSA) is 122 Å². The van der Waals surface area contributed by atoms with E-state index in [2.05, 4.69) is 10.3 Å². The van der Waals surface area contributed by atoms with Crippen molar-refractivity contribution in [3.63, 3.8) is 0 Å². The summed E-state index contributed by atoms with van der Waals surface area (Å²) >= 11 is 0.